The molecule has 4 rings (SSSR count). The molecule has 0 radical (unpaired) electrons. The normalized spacial score (nSPS) is 14.8. The van der Waals surface area contributed by atoms with Gasteiger partial charge in [0.05, 0.1) is 19.6 Å². The van der Waals surface area contributed by atoms with Crippen LogP contribution in [-0.4, -0.2) is 23.8 Å². The Kier molecular flexibility index (Phi) is 4.28. The fraction of sp³-hybridized carbons (Fsp3) is 0.300. The predicted octanol–water partition coefficient (Wildman–Crippen LogP) is 3.98. The second kappa shape index (κ2) is 6.61. The summed E-state index contributed by atoms with van der Waals surface area (Å²) in [4.78, 5) is 19.6. The fourth-order valence-corrected chi connectivity index (χ4v) is 4.34. The Hall–Kier alpha value is -2.60. The van der Waals surface area contributed by atoms with Crippen molar-refractivity contribution < 1.29 is 9.47 Å². The number of aromatic nitrogens is 2. The van der Waals surface area contributed by atoms with Gasteiger partial charge in [0.15, 0.2) is 11.5 Å². The molecule has 134 valence electrons. The van der Waals surface area contributed by atoms with Crippen LogP contribution in [0.25, 0.3) is 21.9 Å². The van der Waals surface area contributed by atoms with E-state index in [0.29, 0.717) is 18.0 Å². The predicted molar refractivity (Wildman–Crippen MR) is 105 cm³/mol. The average Bonchev–Trinajstić information content (AvgIpc) is 3.26. The molecule has 0 spiro atoms. The summed E-state index contributed by atoms with van der Waals surface area (Å²) in [7, 11) is 3.26. The van der Waals surface area contributed by atoms with Crippen LogP contribution in [0.2, 0.25) is 0 Å². The number of hydrogen-bond acceptors (Lipinski definition) is 5. The van der Waals surface area contributed by atoms with E-state index in [1.165, 1.54) is 4.88 Å². The third-order valence-corrected chi connectivity index (χ3v) is 5.88. The first-order valence-electron chi connectivity index (χ1n) is 8.61. The number of thiophene rings is 1. The van der Waals surface area contributed by atoms with Crippen LogP contribution >= 0.6 is 11.3 Å². The number of ether oxygens (including phenoxy) is 2. The van der Waals surface area contributed by atoms with Crippen LogP contribution in [0.5, 0.6) is 11.5 Å². The number of allylic oxidation sites excluding steroid dienone is 1. The minimum Gasteiger partial charge on any atom is -0.493 e. The van der Waals surface area contributed by atoms with Crippen LogP contribution in [0.4, 0.5) is 0 Å². The fourth-order valence-electron chi connectivity index (χ4n) is 3.39. The van der Waals surface area contributed by atoms with Gasteiger partial charge >= 0.3 is 0 Å². The van der Waals surface area contributed by atoms with Gasteiger partial charge in [-0.2, -0.15) is 0 Å². The summed E-state index contributed by atoms with van der Waals surface area (Å²) >= 11 is 1.60. The summed E-state index contributed by atoms with van der Waals surface area (Å²) in [6.07, 6.45) is 3.74. The number of rotatable bonds is 4. The molecule has 2 aromatic heterocycles. The number of benzene rings is 1. The van der Waals surface area contributed by atoms with Crippen molar-refractivity contribution in [1.82, 2.24) is 9.55 Å². The number of para-hydroxylation sites is 1. The summed E-state index contributed by atoms with van der Waals surface area (Å²) in [5, 5.41) is 0.732. The van der Waals surface area contributed by atoms with Gasteiger partial charge in [-0.15, -0.1) is 11.3 Å². The van der Waals surface area contributed by atoms with Gasteiger partial charge in [0, 0.05) is 17.0 Å². The van der Waals surface area contributed by atoms with E-state index in [-0.39, 0.29) is 5.56 Å². The van der Waals surface area contributed by atoms with E-state index in [4.69, 9.17) is 14.5 Å². The molecule has 1 aliphatic heterocycles. The second-order valence-electron chi connectivity index (χ2n) is 6.18. The minimum atomic E-state index is 0.0574. The van der Waals surface area contributed by atoms with Crippen molar-refractivity contribution in [3.8, 4) is 11.5 Å². The van der Waals surface area contributed by atoms with E-state index in [2.05, 4.69) is 6.92 Å². The lowest BCUT2D eigenvalue weighted by atomic mass is 10.1. The Labute approximate surface area is 155 Å². The number of aryl methyl sites for hydroxylation is 1. The van der Waals surface area contributed by atoms with E-state index < -0.39 is 0 Å². The van der Waals surface area contributed by atoms with Gasteiger partial charge in [-0.05, 0) is 36.6 Å². The molecule has 1 aromatic carbocycles. The Bertz CT molecular complexity index is 1080. The highest BCUT2D eigenvalue weighted by atomic mass is 32.1. The topological polar surface area (TPSA) is 53.4 Å². The number of fused-ring (bicyclic) bond motifs is 2. The van der Waals surface area contributed by atoms with Gasteiger partial charge in [-0.25, -0.2) is 4.98 Å². The zero-order valence-electron chi connectivity index (χ0n) is 15.0. The molecule has 0 saturated carbocycles. The summed E-state index contributed by atoms with van der Waals surface area (Å²) < 4.78 is 12.7. The lowest BCUT2D eigenvalue weighted by Crippen LogP contribution is -2.19. The van der Waals surface area contributed by atoms with Gasteiger partial charge < -0.3 is 9.47 Å². The first-order valence-corrected chi connectivity index (χ1v) is 9.43. The SMILES string of the molecule is CCc1cc2c(=O)n3c(nc2s1)C(=Cc1cccc(OC)c1OC)CC3. The smallest absolute Gasteiger partial charge is 0.262 e. The van der Waals surface area contributed by atoms with Crippen LogP contribution in [0.15, 0.2) is 29.1 Å². The molecule has 0 atom stereocenters. The highest BCUT2D eigenvalue weighted by molar-refractivity contribution is 7.18. The maximum absolute atomic E-state index is 12.8. The number of methoxy groups -OCH3 is 2. The molecule has 6 heteroatoms. The third kappa shape index (κ3) is 2.61. The van der Waals surface area contributed by atoms with Crippen molar-refractivity contribution >= 4 is 33.2 Å². The van der Waals surface area contributed by atoms with Gasteiger partial charge in [0.1, 0.15) is 10.7 Å². The third-order valence-electron chi connectivity index (χ3n) is 4.71. The molecule has 0 amide bonds. The van der Waals surface area contributed by atoms with E-state index >= 15 is 0 Å². The molecule has 26 heavy (non-hydrogen) atoms. The van der Waals surface area contributed by atoms with Crippen LogP contribution in [-0.2, 0) is 13.0 Å². The first kappa shape index (κ1) is 16.8. The Balaban J connectivity index is 1.87. The van der Waals surface area contributed by atoms with Gasteiger partial charge in [0.25, 0.3) is 5.56 Å². The van der Waals surface area contributed by atoms with Gasteiger partial charge in [-0.1, -0.05) is 19.1 Å². The van der Waals surface area contributed by atoms with Crippen molar-refractivity contribution in [2.45, 2.75) is 26.3 Å². The summed E-state index contributed by atoms with van der Waals surface area (Å²) in [5.41, 5.74) is 2.02. The monoisotopic (exact) mass is 368 g/mol. The Morgan fingerprint density at radius 3 is 2.88 bits per heavy atom. The van der Waals surface area contributed by atoms with E-state index in [1.807, 2.05) is 30.3 Å². The zero-order chi connectivity index (χ0) is 18.3. The van der Waals surface area contributed by atoms with Crippen LogP contribution in [0.3, 0.4) is 0 Å². The van der Waals surface area contributed by atoms with Crippen molar-refractivity contribution in [1.29, 1.82) is 0 Å². The second-order valence-corrected chi connectivity index (χ2v) is 7.29. The lowest BCUT2D eigenvalue weighted by Gasteiger charge is -2.10. The van der Waals surface area contributed by atoms with Crippen molar-refractivity contribution in [2.75, 3.05) is 14.2 Å². The summed E-state index contributed by atoms with van der Waals surface area (Å²) in [5.74, 6) is 2.14. The molecule has 0 saturated heterocycles. The standard InChI is InChI=1S/C20H20N2O3S/c1-4-14-11-15-19(26-14)21-18-13(8-9-22(18)20(15)23)10-12-6-5-7-16(24-2)17(12)25-3/h5-7,10-11H,4,8-9H2,1-3H3. The van der Waals surface area contributed by atoms with Gasteiger partial charge in [0.2, 0.25) is 0 Å². The molecule has 0 bridgehead atoms. The molecular formula is C20H20N2O3S. The first-order chi connectivity index (χ1) is 12.7. The molecule has 3 heterocycles. The number of nitrogens with zero attached hydrogens (tertiary/aromatic N) is 2. The summed E-state index contributed by atoms with van der Waals surface area (Å²) in [6.45, 7) is 2.75. The molecule has 1 aliphatic rings. The highest BCUT2D eigenvalue weighted by Crippen LogP contribution is 2.35. The molecular weight excluding hydrogens is 348 g/mol. The van der Waals surface area contributed by atoms with E-state index in [1.54, 1.807) is 30.1 Å². The van der Waals surface area contributed by atoms with Crippen molar-refractivity contribution in [2.24, 2.45) is 0 Å². The van der Waals surface area contributed by atoms with Gasteiger partial charge in [-0.3, -0.25) is 9.36 Å². The number of hydrogen-bond donors (Lipinski definition) is 0. The van der Waals surface area contributed by atoms with Crippen LogP contribution in [0.1, 0.15) is 29.6 Å². The molecule has 0 unspecified atom stereocenters. The molecule has 5 nitrogen and oxygen atoms in total. The summed E-state index contributed by atoms with van der Waals surface area (Å²) in [6, 6.07) is 7.76. The van der Waals surface area contributed by atoms with E-state index in [0.717, 1.165) is 40.0 Å². The average molecular weight is 368 g/mol. The molecule has 0 N–H and O–H groups in total. The lowest BCUT2D eigenvalue weighted by molar-refractivity contribution is 0.354. The van der Waals surface area contributed by atoms with Crippen LogP contribution in [0, 0.1) is 0 Å². The zero-order valence-corrected chi connectivity index (χ0v) is 15.9. The Morgan fingerprint density at radius 2 is 2.15 bits per heavy atom. The Morgan fingerprint density at radius 1 is 1.31 bits per heavy atom. The minimum absolute atomic E-state index is 0.0574. The quantitative estimate of drug-likeness (QED) is 0.699. The maximum Gasteiger partial charge on any atom is 0.262 e. The van der Waals surface area contributed by atoms with Crippen LogP contribution < -0.4 is 15.0 Å². The highest BCUT2D eigenvalue weighted by Gasteiger charge is 2.22. The van der Waals surface area contributed by atoms with Crippen molar-refractivity contribution in [3.05, 3.63) is 50.9 Å². The molecule has 3 aromatic rings. The maximum atomic E-state index is 12.8. The van der Waals surface area contributed by atoms with E-state index in [9.17, 15) is 4.79 Å². The largest absolute Gasteiger partial charge is 0.493 e. The molecule has 0 aliphatic carbocycles. The van der Waals surface area contributed by atoms with Crippen molar-refractivity contribution in [3.63, 3.8) is 0 Å². The molecule has 0 fully saturated rings.